The van der Waals surface area contributed by atoms with E-state index in [0.717, 1.165) is 19.1 Å². The Bertz CT molecular complexity index is 367. The molecule has 1 fully saturated rings. The average Bonchev–Trinajstić information content (AvgIpc) is 2.97. The number of hydrogen-bond acceptors (Lipinski definition) is 2. The van der Waals surface area contributed by atoms with E-state index in [4.69, 9.17) is 0 Å². The Labute approximate surface area is 97.4 Å². The van der Waals surface area contributed by atoms with Gasteiger partial charge in [0.05, 0.1) is 0 Å². The van der Waals surface area contributed by atoms with Gasteiger partial charge in [0.25, 0.3) is 0 Å². The molecular formula is C14H20N2. The molecule has 2 nitrogen and oxygen atoms in total. The molecule has 0 spiro atoms. The average molecular weight is 216 g/mol. The normalized spacial score (nSPS) is 19.8. The van der Waals surface area contributed by atoms with Crippen molar-refractivity contribution in [3.8, 4) is 0 Å². The second-order valence-electron chi connectivity index (χ2n) is 4.99. The fourth-order valence-electron chi connectivity index (χ4n) is 2.94. The molecular weight excluding hydrogens is 196 g/mol. The van der Waals surface area contributed by atoms with Crippen LogP contribution in [0.5, 0.6) is 0 Å². The Morgan fingerprint density at radius 2 is 2.12 bits per heavy atom. The quantitative estimate of drug-likeness (QED) is 0.811. The van der Waals surface area contributed by atoms with Crippen LogP contribution < -0.4 is 10.6 Å². The van der Waals surface area contributed by atoms with Gasteiger partial charge in [-0.2, -0.15) is 0 Å². The van der Waals surface area contributed by atoms with Crippen LogP contribution in [0.2, 0.25) is 0 Å². The summed E-state index contributed by atoms with van der Waals surface area (Å²) >= 11 is 0. The first kappa shape index (κ1) is 10.2. The summed E-state index contributed by atoms with van der Waals surface area (Å²) in [6, 6.07) is 7.45. The fourth-order valence-corrected chi connectivity index (χ4v) is 2.94. The number of benzene rings is 1. The van der Waals surface area contributed by atoms with Gasteiger partial charge < -0.3 is 10.6 Å². The highest BCUT2D eigenvalue weighted by Gasteiger charge is 2.16. The maximum Gasteiger partial charge on any atom is 0.0419 e. The molecule has 86 valence electrons. The SMILES string of the molecule is c1cc2c(c(CNC3CCCC3)c1)NCC2. The molecule has 1 saturated carbocycles. The summed E-state index contributed by atoms with van der Waals surface area (Å²) in [6.07, 6.45) is 6.73. The highest BCUT2D eigenvalue weighted by molar-refractivity contribution is 5.61. The number of para-hydroxylation sites is 1. The Hall–Kier alpha value is -1.02. The van der Waals surface area contributed by atoms with Crippen molar-refractivity contribution in [2.24, 2.45) is 0 Å². The monoisotopic (exact) mass is 216 g/mol. The van der Waals surface area contributed by atoms with E-state index in [-0.39, 0.29) is 0 Å². The molecule has 0 bridgehead atoms. The van der Waals surface area contributed by atoms with Gasteiger partial charge in [-0.05, 0) is 30.4 Å². The first-order chi connectivity index (χ1) is 7.93. The first-order valence-corrected chi connectivity index (χ1v) is 6.51. The summed E-state index contributed by atoms with van der Waals surface area (Å²) in [7, 11) is 0. The zero-order valence-electron chi connectivity index (χ0n) is 9.76. The van der Waals surface area contributed by atoms with Crippen molar-refractivity contribution in [1.29, 1.82) is 0 Å². The molecule has 0 aromatic heterocycles. The number of nitrogens with one attached hydrogen (secondary N) is 2. The van der Waals surface area contributed by atoms with Crippen molar-refractivity contribution in [3.05, 3.63) is 29.3 Å². The smallest absolute Gasteiger partial charge is 0.0419 e. The predicted molar refractivity (Wildman–Crippen MR) is 67.7 cm³/mol. The van der Waals surface area contributed by atoms with E-state index in [1.54, 1.807) is 0 Å². The largest absolute Gasteiger partial charge is 0.384 e. The van der Waals surface area contributed by atoms with Crippen molar-refractivity contribution in [2.75, 3.05) is 11.9 Å². The summed E-state index contributed by atoms with van der Waals surface area (Å²) < 4.78 is 0. The molecule has 0 atom stereocenters. The van der Waals surface area contributed by atoms with E-state index in [0.29, 0.717) is 0 Å². The van der Waals surface area contributed by atoms with E-state index in [1.807, 2.05) is 0 Å². The second-order valence-corrected chi connectivity index (χ2v) is 4.99. The molecule has 1 aromatic rings. The van der Waals surface area contributed by atoms with E-state index in [2.05, 4.69) is 28.8 Å². The Morgan fingerprint density at radius 3 is 3.00 bits per heavy atom. The van der Waals surface area contributed by atoms with Crippen LogP contribution in [0.1, 0.15) is 36.8 Å². The van der Waals surface area contributed by atoms with Gasteiger partial charge >= 0.3 is 0 Å². The summed E-state index contributed by atoms with van der Waals surface area (Å²) in [5, 5.41) is 7.19. The van der Waals surface area contributed by atoms with E-state index in [1.165, 1.54) is 48.9 Å². The van der Waals surface area contributed by atoms with Gasteiger partial charge in [0.15, 0.2) is 0 Å². The number of fused-ring (bicyclic) bond motifs is 1. The zero-order valence-corrected chi connectivity index (χ0v) is 9.76. The highest BCUT2D eigenvalue weighted by atomic mass is 14.9. The number of anilines is 1. The van der Waals surface area contributed by atoms with E-state index < -0.39 is 0 Å². The van der Waals surface area contributed by atoms with E-state index >= 15 is 0 Å². The molecule has 2 heteroatoms. The van der Waals surface area contributed by atoms with Gasteiger partial charge in [-0.1, -0.05) is 31.0 Å². The third-order valence-electron chi connectivity index (χ3n) is 3.87. The van der Waals surface area contributed by atoms with Crippen LogP contribution in [-0.2, 0) is 13.0 Å². The van der Waals surface area contributed by atoms with Crippen molar-refractivity contribution in [1.82, 2.24) is 5.32 Å². The van der Waals surface area contributed by atoms with Crippen LogP contribution in [0.25, 0.3) is 0 Å². The molecule has 0 unspecified atom stereocenters. The standard InChI is InChI=1S/C14H20N2/c1-2-7-13(6-1)16-10-12-5-3-4-11-8-9-15-14(11)12/h3-5,13,15-16H,1-2,6-10H2. The molecule has 1 heterocycles. The van der Waals surface area contributed by atoms with Gasteiger partial charge in [0.1, 0.15) is 0 Å². The van der Waals surface area contributed by atoms with Crippen LogP contribution in [0.4, 0.5) is 5.69 Å². The van der Waals surface area contributed by atoms with Gasteiger partial charge in [0, 0.05) is 24.8 Å². The molecule has 1 aromatic carbocycles. The molecule has 3 rings (SSSR count). The maximum absolute atomic E-state index is 3.69. The summed E-state index contributed by atoms with van der Waals surface area (Å²) in [5.74, 6) is 0. The van der Waals surface area contributed by atoms with E-state index in [9.17, 15) is 0 Å². The highest BCUT2D eigenvalue weighted by Crippen LogP contribution is 2.27. The Balaban J connectivity index is 1.67. The summed E-state index contributed by atoms with van der Waals surface area (Å²) in [5.41, 5.74) is 4.33. The fraction of sp³-hybridized carbons (Fsp3) is 0.571. The van der Waals surface area contributed by atoms with Crippen LogP contribution in [-0.4, -0.2) is 12.6 Å². The van der Waals surface area contributed by atoms with Gasteiger partial charge in [0.2, 0.25) is 0 Å². The minimum atomic E-state index is 0.761. The zero-order chi connectivity index (χ0) is 10.8. The predicted octanol–water partition coefficient (Wildman–Crippen LogP) is 2.69. The molecule has 1 aliphatic heterocycles. The summed E-state index contributed by atoms with van der Waals surface area (Å²) in [4.78, 5) is 0. The molecule has 2 aliphatic rings. The molecule has 1 aliphatic carbocycles. The minimum Gasteiger partial charge on any atom is -0.384 e. The first-order valence-electron chi connectivity index (χ1n) is 6.51. The molecule has 2 N–H and O–H groups in total. The lowest BCUT2D eigenvalue weighted by atomic mass is 10.1. The molecule has 0 saturated heterocycles. The lowest BCUT2D eigenvalue weighted by Gasteiger charge is -2.14. The maximum atomic E-state index is 3.69. The lowest BCUT2D eigenvalue weighted by Crippen LogP contribution is -2.25. The van der Waals surface area contributed by atoms with Gasteiger partial charge in [-0.15, -0.1) is 0 Å². The Morgan fingerprint density at radius 1 is 1.25 bits per heavy atom. The Kier molecular flexibility index (Phi) is 2.83. The number of rotatable bonds is 3. The molecule has 16 heavy (non-hydrogen) atoms. The molecule has 0 amide bonds. The van der Waals surface area contributed by atoms with Crippen molar-refractivity contribution in [2.45, 2.75) is 44.7 Å². The van der Waals surface area contributed by atoms with Crippen molar-refractivity contribution in [3.63, 3.8) is 0 Å². The van der Waals surface area contributed by atoms with Gasteiger partial charge in [-0.25, -0.2) is 0 Å². The van der Waals surface area contributed by atoms with Crippen LogP contribution in [0.15, 0.2) is 18.2 Å². The number of hydrogen-bond donors (Lipinski definition) is 2. The topological polar surface area (TPSA) is 24.1 Å². The summed E-state index contributed by atoms with van der Waals surface area (Å²) in [6.45, 7) is 2.14. The van der Waals surface area contributed by atoms with Crippen LogP contribution >= 0.6 is 0 Å². The van der Waals surface area contributed by atoms with Crippen LogP contribution in [0.3, 0.4) is 0 Å². The van der Waals surface area contributed by atoms with Gasteiger partial charge in [-0.3, -0.25) is 0 Å². The molecule has 0 radical (unpaired) electrons. The van der Waals surface area contributed by atoms with Crippen LogP contribution in [0, 0.1) is 0 Å². The third kappa shape index (κ3) is 1.94. The minimum absolute atomic E-state index is 0.761. The second kappa shape index (κ2) is 4.46. The third-order valence-corrected chi connectivity index (χ3v) is 3.87. The lowest BCUT2D eigenvalue weighted by molar-refractivity contribution is 0.525. The van der Waals surface area contributed by atoms with Crippen molar-refractivity contribution < 1.29 is 0 Å². The van der Waals surface area contributed by atoms with Crippen molar-refractivity contribution >= 4 is 5.69 Å².